The van der Waals surface area contributed by atoms with Crippen LogP contribution in [0.2, 0.25) is 0 Å². The predicted molar refractivity (Wildman–Crippen MR) is 159 cm³/mol. The van der Waals surface area contributed by atoms with Crippen LogP contribution < -0.4 is 29.8 Å². The fourth-order valence-corrected chi connectivity index (χ4v) is 5.91. The Morgan fingerprint density at radius 2 is 1.62 bits per heavy atom. The fourth-order valence-electron chi connectivity index (χ4n) is 5.09. The number of ether oxygens (including phenoxy) is 4. The normalized spacial score (nSPS) is 17.9. The molecule has 0 aromatic heterocycles. The van der Waals surface area contributed by atoms with Gasteiger partial charge in [0.1, 0.15) is 18.5 Å². The van der Waals surface area contributed by atoms with E-state index in [0.717, 1.165) is 67.4 Å². The summed E-state index contributed by atoms with van der Waals surface area (Å²) in [5.74, 6) is 2.73. The lowest BCUT2D eigenvalue weighted by Gasteiger charge is -2.35. The number of aliphatic hydroxyl groups excluding tert-OH is 1. The standard InChI is InChI=1S/C30H38N4O5S/c1-36-26-17-21(18-27(37-2)29(26)38-3)10-11-33-12-14-34(15-13-33)19-23(35)20-39-24-8-6-22(7-9-24)28-30-25(31-32-28)5-4-16-40-30/h4-9,16-18,23,31-32,35H,10-15,19-20H2,1-3H3. The van der Waals surface area contributed by atoms with Gasteiger partial charge in [-0.3, -0.25) is 15.8 Å². The van der Waals surface area contributed by atoms with Crippen LogP contribution in [0.4, 0.5) is 0 Å². The number of aliphatic hydroxyl groups is 1. The minimum absolute atomic E-state index is 0.266. The first-order valence-corrected chi connectivity index (χ1v) is 14.4. The zero-order chi connectivity index (χ0) is 27.9. The van der Waals surface area contributed by atoms with E-state index in [0.29, 0.717) is 23.8 Å². The van der Waals surface area contributed by atoms with E-state index >= 15 is 0 Å². The molecule has 0 saturated carbocycles. The molecule has 3 heterocycles. The summed E-state index contributed by atoms with van der Waals surface area (Å²) in [6, 6.07) is 12.0. The van der Waals surface area contributed by atoms with E-state index in [9.17, 15) is 5.11 Å². The molecule has 0 radical (unpaired) electrons. The van der Waals surface area contributed by atoms with Gasteiger partial charge >= 0.3 is 0 Å². The monoisotopic (exact) mass is 566 g/mol. The van der Waals surface area contributed by atoms with E-state index in [1.165, 1.54) is 4.91 Å². The summed E-state index contributed by atoms with van der Waals surface area (Å²) in [4.78, 5) is 5.95. The smallest absolute Gasteiger partial charge is 0.203 e. The minimum atomic E-state index is -0.547. The van der Waals surface area contributed by atoms with E-state index in [-0.39, 0.29) is 6.61 Å². The van der Waals surface area contributed by atoms with Crippen molar-refractivity contribution in [2.24, 2.45) is 0 Å². The largest absolute Gasteiger partial charge is 0.493 e. The summed E-state index contributed by atoms with van der Waals surface area (Å²) in [5, 5.41) is 12.7. The summed E-state index contributed by atoms with van der Waals surface area (Å²) in [5.41, 5.74) is 10.9. The Labute approximate surface area is 240 Å². The van der Waals surface area contributed by atoms with Crippen molar-refractivity contribution < 1.29 is 24.1 Å². The maximum Gasteiger partial charge on any atom is 0.203 e. The fraction of sp³-hybridized carbons (Fsp3) is 0.400. The van der Waals surface area contributed by atoms with Crippen molar-refractivity contribution in [1.29, 1.82) is 0 Å². The van der Waals surface area contributed by atoms with E-state index < -0.39 is 6.10 Å². The van der Waals surface area contributed by atoms with Gasteiger partial charge in [0.2, 0.25) is 5.75 Å². The van der Waals surface area contributed by atoms with Crippen LogP contribution in [0, 0.1) is 0 Å². The number of methoxy groups -OCH3 is 3. The van der Waals surface area contributed by atoms with E-state index in [2.05, 4.69) is 32.1 Å². The molecule has 9 nitrogen and oxygen atoms in total. The molecule has 3 aliphatic rings. The molecule has 1 unspecified atom stereocenters. The molecule has 1 fully saturated rings. The van der Waals surface area contributed by atoms with Crippen LogP contribution in [0.5, 0.6) is 23.0 Å². The third kappa shape index (κ3) is 6.69. The van der Waals surface area contributed by atoms with Crippen LogP contribution in [0.25, 0.3) is 5.70 Å². The minimum Gasteiger partial charge on any atom is -0.493 e. The number of rotatable bonds is 12. The number of benzene rings is 2. The first-order chi connectivity index (χ1) is 19.6. The van der Waals surface area contributed by atoms with Crippen LogP contribution >= 0.6 is 11.8 Å². The lowest BCUT2D eigenvalue weighted by molar-refractivity contribution is 0.0463. The van der Waals surface area contributed by atoms with Gasteiger partial charge in [0.25, 0.3) is 0 Å². The highest BCUT2D eigenvalue weighted by atomic mass is 32.2. The number of nitrogens with one attached hydrogen (secondary N) is 2. The Morgan fingerprint density at radius 3 is 2.30 bits per heavy atom. The molecule has 5 rings (SSSR count). The maximum atomic E-state index is 10.6. The second kappa shape index (κ2) is 13.4. The van der Waals surface area contributed by atoms with Crippen LogP contribution in [0.15, 0.2) is 64.6 Å². The van der Waals surface area contributed by atoms with Crippen LogP contribution in [-0.4, -0.2) is 88.2 Å². The molecule has 10 heteroatoms. The Hall–Kier alpha value is -3.31. The van der Waals surface area contributed by atoms with Crippen molar-refractivity contribution >= 4 is 17.5 Å². The van der Waals surface area contributed by atoms with Crippen molar-refractivity contribution in [2.75, 3.05) is 67.2 Å². The lowest BCUT2D eigenvalue weighted by Crippen LogP contribution is -2.49. The van der Waals surface area contributed by atoms with Crippen LogP contribution in [0.3, 0.4) is 0 Å². The second-order valence-electron chi connectivity index (χ2n) is 9.90. The quantitative estimate of drug-likeness (QED) is 0.356. The van der Waals surface area contributed by atoms with Crippen molar-refractivity contribution in [3.63, 3.8) is 0 Å². The van der Waals surface area contributed by atoms with Gasteiger partial charge in [-0.15, -0.1) is 0 Å². The molecule has 0 spiro atoms. The van der Waals surface area contributed by atoms with Gasteiger partial charge in [-0.2, -0.15) is 0 Å². The van der Waals surface area contributed by atoms with Gasteiger partial charge in [0, 0.05) is 44.8 Å². The topological polar surface area (TPSA) is 87.7 Å². The zero-order valence-electron chi connectivity index (χ0n) is 23.3. The Morgan fingerprint density at radius 1 is 0.925 bits per heavy atom. The van der Waals surface area contributed by atoms with Crippen molar-refractivity contribution in [2.45, 2.75) is 12.5 Å². The van der Waals surface area contributed by atoms with Gasteiger partial charge < -0.3 is 29.0 Å². The van der Waals surface area contributed by atoms with Gasteiger partial charge in [-0.05, 0) is 59.9 Å². The number of hydrogen-bond acceptors (Lipinski definition) is 10. The molecular formula is C30H38N4O5S. The van der Waals surface area contributed by atoms with E-state index in [4.69, 9.17) is 18.9 Å². The number of piperazine rings is 1. The van der Waals surface area contributed by atoms with Crippen molar-refractivity contribution in [1.82, 2.24) is 20.7 Å². The van der Waals surface area contributed by atoms with Gasteiger partial charge in [-0.1, -0.05) is 17.8 Å². The first kappa shape index (κ1) is 28.2. The summed E-state index contributed by atoms with van der Waals surface area (Å²) in [7, 11) is 4.90. The Kier molecular flexibility index (Phi) is 9.43. The zero-order valence-corrected chi connectivity index (χ0v) is 24.1. The predicted octanol–water partition coefficient (Wildman–Crippen LogP) is 3.23. The average Bonchev–Trinajstić information content (AvgIpc) is 3.43. The van der Waals surface area contributed by atoms with Gasteiger partial charge in [0.05, 0.1) is 37.6 Å². The molecule has 0 amide bonds. The third-order valence-corrected chi connectivity index (χ3v) is 8.23. The first-order valence-electron chi connectivity index (χ1n) is 13.5. The van der Waals surface area contributed by atoms with Crippen molar-refractivity contribution in [3.8, 4) is 23.0 Å². The molecule has 1 atom stereocenters. The lowest BCUT2D eigenvalue weighted by atomic mass is 10.1. The average molecular weight is 567 g/mol. The summed E-state index contributed by atoms with van der Waals surface area (Å²) in [6.45, 7) is 5.58. The highest BCUT2D eigenvalue weighted by molar-refractivity contribution is 8.06. The molecular weight excluding hydrogens is 528 g/mol. The number of fused-ring (bicyclic) bond motifs is 1. The Bertz CT molecular complexity index is 1230. The van der Waals surface area contributed by atoms with Gasteiger partial charge in [0.15, 0.2) is 11.5 Å². The number of thioether (sulfide) groups is 1. The molecule has 2 aromatic rings. The van der Waals surface area contributed by atoms with E-state index in [1.807, 2.05) is 42.5 Å². The number of hydrogen-bond donors (Lipinski definition) is 3. The number of nitrogens with zero attached hydrogens (tertiary/aromatic N) is 2. The number of allylic oxidation sites excluding steroid dienone is 2. The number of hydrazine groups is 1. The summed E-state index contributed by atoms with van der Waals surface area (Å²) in [6.07, 6.45) is 4.44. The molecule has 2 aromatic carbocycles. The molecule has 1 saturated heterocycles. The molecule has 0 bridgehead atoms. The number of β-amino-alcohol motifs (C(OH)–C–C–N with tert-alkyl or cyclic N) is 1. The summed E-state index contributed by atoms with van der Waals surface area (Å²) < 4.78 is 22.3. The Balaban J connectivity index is 1.03. The van der Waals surface area contributed by atoms with E-state index in [1.54, 1.807) is 33.1 Å². The maximum absolute atomic E-state index is 10.6. The van der Waals surface area contributed by atoms with Crippen LogP contribution in [-0.2, 0) is 6.42 Å². The molecule has 3 N–H and O–H groups in total. The second-order valence-corrected chi connectivity index (χ2v) is 10.8. The molecule has 0 aliphatic carbocycles. The van der Waals surface area contributed by atoms with Gasteiger partial charge in [-0.25, -0.2) is 0 Å². The highest BCUT2D eigenvalue weighted by Gasteiger charge is 2.22. The third-order valence-electron chi connectivity index (χ3n) is 7.28. The van der Waals surface area contributed by atoms with Crippen LogP contribution in [0.1, 0.15) is 11.1 Å². The molecule has 214 valence electrons. The molecule has 40 heavy (non-hydrogen) atoms. The van der Waals surface area contributed by atoms with Crippen molar-refractivity contribution in [3.05, 3.63) is 75.7 Å². The summed E-state index contributed by atoms with van der Waals surface area (Å²) >= 11 is 1.70. The molecule has 3 aliphatic heterocycles. The highest BCUT2D eigenvalue weighted by Crippen LogP contribution is 2.38. The SMILES string of the molecule is COc1cc(CCN2CCN(CC(O)COc3ccc(C4=C5SC=CC=C5NN4)cc3)CC2)cc(OC)c1OC.